The van der Waals surface area contributed by atoms with Crippen LogP contribution in [0.5, 0.6) is 11.5 Å². The maximum Gasteiger partial charge on any atom is 0.143 e. The fourth-order valence-corrected chi connectivity index (χ4v) is 6.42. The number of aromatic nitrogens is 2. The topological polar surface area (TPSA) is 50.0 Å². The summed E-state index contributed by atoms with van der Waals surface area (Å²) in [5, 5.41) is 4.90. The molecule has 1 unspecified atom stereocenters. The van der Waals surface area contributed by atoms with Crippen molar-refractivity contribution >= 4 is 49.7 Å². The first-order chi connectivity index (χ1) is 19.8. The van der Waals surface area contributed by atoms with E-state index in [-0.39, 0.29) is 5.60 Å². The molecular weight excluding hydrogens is 504 g/mol. The minimum atomic E-state index is -0.302. The Balaban J connectivity index is 1.25. The SMILES string of the molecule is COc1cc(Cc2ccc3c(c2)[nH]c2c4c(c(C)cc23)OC(C)(CCC=C(C)C)C=C4)cc2c1[nH]c1ccccc12. The molecule has 0 spiro atoms. The van der Waals surface area contributed by atoms with Crippen molar-refractivity contribution in [3.8, 4) is 11.5 Å². The number of para-hydroxylation sites is 1. The highest BCUT2D eigenvalue weighted by atomic mass is 16.5. The molecular formula is C37H36N2O2. The molecule has 0 fully saturated rings. The second-order valence-electron chi connectivity index (χ2n) is 12.0. The quantitative estimate of drug-likeness (QED) is 0.207. The van der Waals surface area contributed by atoms with Gasteiger partial charge in [-0.2, -0.15) is 0 Å². The molecule has 1 aliphatic rings. The Hall–Kier alpha value is -4.44. The third-order valence-electron chi connectivity index (χ3n) is 8.53. The van der Waals surface area contributed by atoms with Crippen LogP contribution in [-0.4, -0.2) is 22.7 Å². The number of rotatable bonds is 6. The number of aromatic amines is 2. The third-order valence-corrected chi connectivity index (χ3v) is 8.53. The van der Waals surface area contributed by atoms with E-state index in [1.54, 1.807) is 7.11 Å². The average molecular weight is 541 g/mol. The fourth-order valence-electron chi connectivity index (χ4n) is 6.42. The second-order valence-corrected chi connectivity index (χ2v) is 12.0. The van der Waals surface area contributed by atoms with E-state index < -0.39 is 0 Å². The van der Waals surface area contributed by atoms with E-state index in [4.69, 9.17) is 9.47 Å². The number of nitrogens with one attached hydrogen (secondary N) is 2. The molecule has 0 amide bonds. The number of allylic oxidation sites excluding steroid dienone is 2. The second kappa shape index (κ2) is 9.59. The summed E-state index contributed by atoms with van der Waals surface area (Å²) in [6, 6.07) is 22.0. The van der Waals surface area contributed by atoms with Crippen LogP contribution < -0.4 is 9.47 Å². The number of fused-ring (bicyclic) bond motifs is 8. The van der Waals surface area contributed by atoms with E-state index in [0.29, 0.717) is 0 Å². The van der Waals surface area contributed by atoms with Crippen LogP contribution in [0.2, 0.25) is 0 Å². The first kappa shape index (κ1) is 25.5. The van der Waals surface area contributed by atoms with Crippen LogP contribution in [0.15, 0.2) is 78.4 Å². The summed E-state index contributed by atoms with van der Waals surface area (Å²) in [6.45, 7) is 8.65. The van der Waals surface area contributed by atoms with Gasteiger partial charge in [-0.1, -0.05) is 42.0 Å². The minimum Gasteiger partial charge on any atom is -0.495 e. The maximum atomic E-state index is 6.67. The summed E-state index contributed by atoms with van der Waals surface area (Å²) in [5.41, 5.74) is 10.3. The zero-order valence-electron chi connectivity index (χ0n) is 24.4. The Morgan fingerprint density at radius 2 is 1.66 bits per heavy atom. The minimum absolute atomic E-state index is 0.302. The standard InChI is InChI=1S/C37H36N2O2/c1-22(2)9-8-15-37(4)16-14-28-34-29(17-23(3)36(28)41-37)27-13-12-24(20-32(27)39-34)18-25-19-30-26-10-6-7-11-31(26)38-35(30)33(21-25)40-5/h6-7,9-14,16-17,19-21,38-39H,8,15,18H2,1-5H3. The largest absolute Gasteiger partial charge is 0.495 e. The lowest BCUT2D eigenvalue weighted by molar-refractivity contribution is 0.128. The van der Waals surface area contributed by atoms with Gasteiger partial charge in [-0.25, -0.2) is 0 Å². The lowest BCUT2D eigenvalue weighted by Crippen LogP contribution is -2.32. The van der Waals surface area contributed by atoms with Crippen LogP contribution in [0.3, 0.4) is 0 Å². The van der Waals surface area contributed by atoms with Crippen molar-refractivity contribution in [3.63, 3.8) is 0 Å². The summed E-state index contributed by atoms with van der Waals surface area (Å²) in [6.07, 6.45) is 9.57. The van der Waals surface area contributed by atoms with Crippen LogP contribution in [0.25, 0.3) is 49.7 Å². The summed E-state index contributed by atoms with van der Waals surface area (Å²) < 4.78 is 12.5. The van der Waals surface area contributed by atoms with E-state index in [2.05, 4.69) is 117 Å². The molecule has 41 heavy (non-hydrogen) atoms. The van der Waals surface area contributed by atoms with Gasteiger partial charge in [0.05, 0.1) is 18.1 Å². The van der Waals surface area contributed by atoms with Crippen molar-refractivity contribution in [1.82, 2.24) is 9.97 Å². The van der Waals surface area contributed by atoms with E-state index in [0.717, 1.165) is 58.4 Å². The Bertz CT molecular complexity index is 2030. The summed E-state index contributed by atoms with van der Waals surface area (Å²) in [5.74, 6) is 1.87. The molecule has 4 heteroatoms. The predicted octanol–water partition coefficient (Wildman–Crippen LogP) is 9.77. The molecule has 6 aromatic rings. The molecule has 206 valence electrons. The molecule has 0 saturated heterocycles. The van der Waals surface area contributed by atoms with Gasteiger partial charge >= 0.3 is 0 Å². The van der Waals surface area contributed by atoms with E-state index in [1.165, 1.54) is 43.8 Å². The molecule has 1 aliphatic heterocycles. The number of benzene rings is 4. The number of hydrogen-bond donors (Lipinski definition) is 2. The van der Waals surface area contributed by atoms with Crippen LogP contribution in [0, 0.1) is 6.92 Å². The first-order valence-corrected chi connectivity index (χ1v) is 14.5. The van der Waals surface area contributed by atoms with Gasteiger partial charge in [0.25, 0.3) is 0 Å². The van der Waals surface area contributed by atoms with Crippen molar-refractivity contribution in [2.75, 3.05) is 7.11 Å². The molecule has 0 bridgehead atoms. The van der Waals surface area contributed by atoms with Crippen LogP contribution in [0.1, 0.15) is 55.9 Å². The van der Waals surface area contributed by atoms with E-state index >= 15 is 0 Å². The van der Waals surface area contributed by atoms with Gasteiger partial charge in [-0.3, -0.25) is 0 Å². The van der Waals surface area contributed by atoms with Gasteiger partial charge in [-0.05, 0) is 106 Å². The monoisotopic (exact) mass is 540 g/mol. The Kier molecular flexibility index (Phi) is 5.97. The van der Waals surface area contributed by atoms with E-state index in [9.17, 15) is 0 Å². The lowest BCUT2D eigenvalue weighted by Gasteiger charge is -2.32. The van der Waals surface area contributed by atoms with Gasteiger partial charge in [0.15, 0.2) is 0 Å². The first-order valence-electron chi connectivity index (χ1n) is 14.5. The summed E-state index contributed by atoms with van der Waals surface area (Å²) in [7, 11) is 1.74. The fraction of sp³-hybridized carbons (Fsp3) is 0.243. The highest BCUT2D eigenvalue weighted by Crippen LogP contribution is 2.42. The molecule has 4 aromatic carbocycles. The van der Waals surface area contributed by atoms with Crippen LogP contribution in [-0.2, 0) is 6.42 Å². The number of aryl methyl sites for hydroxylation is 1. The van der Waals surface area contributed by atoms with Gasteiger partial charge in [0.1, 0.15) is 17.1 Å². The Morgan fingerprint density at radius 1 is 0.878 bits per heavy atom. The van der Waals surface area contributed by atoms with Crippen molar-refractivity contribution in [2.45, 2.75) is 52.6 Å². The molecule has 1 atom stereocenters. The van der Waals surface area contributed by atoms with Gasteiger partial charge in [-0.15, -0.1) is 0 Å². The Labute approximate surface area is 240 Å². The highest BCUT2D eigenvalue weighted by molar-refractivity contribution is 6.11. The van der Waals surface area contributed by atoms with Crippen molar-refractivity contribution in [3.05, 3.63) is 101 Å². The maximum absolute atomic E-state index is 6.67. The molecule has 3 heterocycles. The molecule has 0 aliphatic carbocycles. The third kappa shape index (κ3) is 4.39. The molecule has 0 radical (unpaired) electrons. The summed E-state index contributed by atoms with van der Waals surface area (Å²) >= 11 is 0. The average Bonchev–Trinajstić information content (AvgIpc) is 3.50. The molecule has 2 aromatic heterocycles. The zero-order valence-corrected chi connectivity index (χ0v) is 24.4. The van der Waals surface area contributed by atoms with Gasteiger partial charge in [0.2, 0.25) is 0 Å². The lowest BCUT2D eigenvalue weighted by atomic mass is 9.92. The van der Waals surface area contributed by atoms with Crippen molar-refractivity contribution in [1.29, 1.82) is 0 Å². The van der Waals surface area contributed by atoms with Crippen LogP contribution >= 0.6 is 0 Å². The molecule has 0 saturated carbocycles. The molecule has 4 nitrogen and oxygen atoms in total. The van der Waals surface area contributed by atoms with E-state index in [1.807, 2.05) is 0 Å². The molecule has 7 rings (SSSR count). The Morgan fingerprint density at radius 3 is 2.49 bits per heavy atom. The smallest absolute Gasteiger partial charge is 0.143 e. The number of ether oxygens (including phenoxy) is 2. The normalized spacial score (nSPS) is 16.4. The number of H-pyrrole nitrogens is 2. The summed E-state index contributed by atoms with van der Waals surface area (Å²) in [4.78, 5) is 7.27. The predicted molar refractivity (Wildman–Crippen MR) is 172 cm³/mol. The molecule has 2 N–H and O–H groups in total. The highest BCUT2D eigenvalue weighted by Gasteiger charge is 2.29. The van der Waals surface area contributed by atoms with Crippen LogP contribution in [0.4, 0.5) is 0 Å². The number of methoxy groups -OCH3 is 1. The van der Waals surface area contributed by atoms with Crippen molar-refractivity contribution < 1.29 is 9.47 Å². The van der Waals surface area contributed by atoms with Crippen molar-refractivity contribution in [2.24, 2.45) is 0 Å². The number of hydrogen-bond acceptors (Lipinski definition) is 2. The van der Waals surface area contributed by atoms with Gasteiger partial charge < -0.3 is 19.4 Å². The van der Waals surface area contributed by atoms with Gasteiger partial charge in [0, 0.05) is 38.1 Å². The zero-order chi connectivity index (χ0) is 28.3.